The van der Waals surface area contributed by atoms with Crippen LogP contribution in [0.2, 0.25) is 0 Å². The van der Waals surface area contributed by atoms with Crippen LogP contribution >= 0.6 is 11.8 Å². The zero-order chi connectivity index (χ0) is 18.7. The van der Waals surface area contributed by atoms with E-state index in [0.717, 1.165) is 31.1 Å². The summed E-state index contributed by atoms with van der Waals surface area (Å²) in [6, 6.07) is 0. The molecule has 9 heteroatoms. The van der Waals surface area contributed by atoms with Gasteiger partial charge in [-0.25, -0.2) is 12.7 Å². The summed E-state index contributed by atoms with van der Waals surface area (Å²) >= 11 is 1.81. The lowest BCUT2D eigenvalue weighted by atomic mass is 9.98. The van der Waals surface area contributed by atoms with Gasteiger partial charge in [-0.15, -0.1) is 0 Å². The second-order valence-electron chi connectivity index (χ2n) is 6.74. The minimum absolute atomic E-state index is 0.100. The van der Waals surface area contributed by atoms with Gasteiger partial charge in [-0.1, -0.05) is 19.3 Å². The first-order valence-electron chi connectivity index (χ1n) is 9.73. The van der Waals surface area contributed by atoms with E-state index in [-0.39, 0.29) is 5.75 Å². The van der Waals surface area contributed by atoms with Gasteiger partial charge in [-0.05, 0) is 19.3 Å². The number of nitrogens with zero attached hydrogens (tertiary/aromatic N) is 2. The Balaban J connectivity index is 1.55. The molecule has 1 saturated carbocycles. The standard InChI is InChI=1S/C17H34N4O3S2/c1-18-17(19-8-5-12-24-16-6-3-2-4-7-16)20-9-15-26(22,23)21-10-13-25-14-11-21/h16H,2-15H2,1H3,(H2,18,19,20). The Morgan fingerprint density at radius 1 is 1.15 bits per heavy atom. The highest BCUT2D eigenvalue weighted by Gasteiger charge is 2.23. The van der Waals surface area contributed by atoms with Crippen LogP contribution in [0.5, 0.6) is 0 Å². The van der Waals surface area contributed by atoms with Gasteiger partial charge in [0.15, 0.2) is 5.96 Å². The van der Waals surface area contributed by atoms with Gasteiger partial charge in [0.25, 0.3) is 0 Å². The first kappa shape index (κ1) is 21.8. The molecule has 2 aliphatic rings. The average Bonchev–Trinajstić information content (AvgIpc) is 2.68. The lowest BCUT2D eigenvalue weighted by Crippen LogP contribution is -2.44. The van der Waals surface area contributed by atoms with Crippen LogP contribution in [0.1, 0.15) is 38.5 Å². The summed E-state index contributed by atoms with van der Waals surface area (Å²) in [7, 11) is -1.48. The van der Waals surface area contributed by atoms with Gasteiger partial charge in [0, 0.05) is 51.3 Å². The number of nitrogens with one attached hydrogen (secondary N) is 2. The maximum absolute atomic E-state index is 12.3. The maximum Gasteiger partial charge on any atom is 0.215 e. The molecule has 2 N–H and O–H groups in total. The van der Waals surface area contributed by atoms with E-state index in [1.807, 2.05) is 11.8 Å². The molecular weight excluding hydrogens is 372 g/mol. The van der Waals surface area contributed by atoms with Gasteiger partial charge >= 0.3 is 0 Å². The van der Waals surface area contributed by atoms with Crippen molar-refractivity contribution in [3.05, 3.63) is 0 Å². The van der Waals surface area contributed by atoms with Crippen molar-refractivity contribution in [3.8, 4) is 0 Å². The number of aliphatic imine (C=N–C) groups is 1. The van der Waals surface area contributed by atoms with Crippen LogP contribution < -0.4 is 10.6 Å². The molecule has 1 saturated heterocycles. The third-order valence-corrected chi connectivity index (χ3v) is 7.57. The highest BCUT2D eigenvalue weighted by Crippen LogP contribution is 2.20. The van der Waals surface area contributed by atoms with Gasteiger partial charge in [0.2, 0.25) is 10.0 Å². The van der Waals surface area contributed by atoms with Crippen molar-refractivity contribution >= 4 is 27.7 Å². The number of hydrogen-bond acceptors (Lipinski definition) is 5. The highest BCUT2D eigenvalue weighted by atomic mass is 32.2. The van der Waals surface area contributed by atoms with Gasteiger partial charge in [0.05, 0.1) is 11.9 Å². The molecule has 1 aliphatic carbocycles. The summed E-state index contributed by atoms with van der Waals surface area (Å²) in [6.45, 7) is 3.14. The van der Waals surface area contributed by atoms with Gasteiger partial charge < -0.3 is 15.4 Å². The van der Waals surface area contributed by atoms with E-state index in [0.29, 0.717) is 31.7 Å². The molecule has 0 aromatic carbocycles. The van der Waals surface area contributed by atoms with Crippen LogP contribution in [-0.4, -0.2) is 81.9 Å². The van der Waals surface area contributed by atoms with Gasteiger partial charge in [-0.2, -0.15) is 11.8 Å². The molecule has 0 amide bonds. The summed E-state index contributed by atoms with van der Waals surface area (Å²) in [5.41, 5.74) is 0. The van der Waals surface area contributed by atoms with Crippen molar-refractivity contribution < 1.29 is 13.2 Å². The molecule has 2 fully saturated rings. The minimum Gasteiger partial charge on any atom is -0.378 e. The van der Waals surface area contributed by atoms with Crippen LogP contribution in [-0.2, 0) is 14.8 Å². The maximum atomic E-state index is 12.3. The van der Waals surface area contributed by atoms with Crippen molar-refractivity contribution in [2.75, 3.05) is 57.1 Å². The van der Waals surface area contributed by atoms with Crippen molar-refractivity contribution in [2.45, 2.75) is 44.6 Å². The molecule has 2 rings (SSSR count). The van der Waals surface area contributed by atoms with E-state index in [2.05, 4.69) is 15.6 Å². The minimum atomic E-state index is -3.17. The smallest absolute Gasteiger partial charge is 0.215 e. The summed E-state index contributed by atoms with van der Waals surface area (Å²) in [5, 5.41) is 6.31. The largest absolute Gasteiger partial charge is 0.378 e. The normalized spacial score (nSPS) is 20.9. The number of sulfonamides is 1. The van der Waals surface area contributed by atoms with E-state index in [1.54, 1.807) is 11.4 Å². The molecule has 0 unspecified atom stereocenters. The molecule has 1 heterocycles. The van der Waals surface area contributed by atoms with E-state index in [4.69, 9.17) is 4.74 Å². The van der Waals surface area contributed by atoms with Crippen LogP contribution in [0, 0.1) is 0 Å². The van der Waals surface area contributed by atoms with Crippen molar-refractivity contribution in [1.29, 1.82) is 0 Å². The zero-order valence-electron chi connectivity index (χ0n) is 15.9. The molecule has 26 heavy (non-hydrogen) atoms. The first-order chi connectivity index (χ1) is 12.6. The monoisotopic (exact) mass is 406 g/mol. The van der Waals surface area contributed by atoms with Crippen LogP contribution in [0.25, 0.3) is 0 Å². The summed E-state index contributed by atoms with van der Waals surface area (Å²) < 4.78 is 32.1. The van der Waals surface area contributed by atoms with E-state index >= 15 is 0 Å². The molecule has 0 atom stereocenters. The van der Waals surface area contributed by atoms with Gasteiger partial charge in [-0.3, -0.25) is 4.99 Å². The highest BCUT2D eigenvalue weighted by molar-refractivity contribution is 7.99. The second-order valence-corrected chi connectivity index (χ2v) is 10.1. The molecule has 0 aromatic heterocycles. The van der Waals surface area contributed by atoms with Crippen LogP contribution in [0.3, 0.4) is 0 Å². The third kappa shape index (κ3) is 8.02. The summed E-state index contributed by atoms with van der Waals surface area (Å²) in [5.74, 6) is 2.52. The SMILES string of the molecule is CN=C(NCCCOC1CCCCC1)NCCS(=O)(=O)N1CCSCC1. The number of ether oxygens (including phenoxy) is 1. The molecular formula is C17H34N4O3S2. The summed E-state index contributed by atoms with van der Waals surface area (Å²) in [4.78, 5) is 4.15. The second kappa shape index (κ2) is 12.0. The number of guanidine groups is 1. The zero-order valence-corrected chi connectivity index (χ0v) is 17.5. The fraction of sp³-hybridized carbons (Fsp3) is 0.941. The van der Waals surface area contributed by atoms with Crippen molar-refractivity contribution in [2.24, 2.45) is 4.99 Å². The molecule has 7 nitrogen and oxygen atoms in total. The fourth-order valence-corrected chi connectivity index (χ4v) is 5.73. The van der Waals surface area contributed by atoms with E-state index < -0.39 is 10.0 Å². The number of thioether (sulfide) groups is 1. The van der Waals surface area contributed by atoms with Crippen molar-refractivity contribution in [1.82, 2.24) is 14.9 Å². The Morgan fingerprint density at radius 3 is 2.54 bits per heavy atom. The van der Waals surface area contributed by atoms with E-state index in [9.17, 15) is 8.42 Å². The molecule has 0 aromatic rings. The van der Waals surface area contributed by atoms with Crippen molar-refractivity contribution in [3.63, 3.8) is 0 Å². The lowest BCUT2D eigenvalue weighted by Gasteiger charge is -2.25. The first-order valence-corrected chi connectivity index (χ1v) is 12.5. The Kier molecular flexibility index (Phi) is 10.1. The van der Waals surface area contributed by atoms with Crippen LogP contribution in [0.15, 0.2) is 4.99 Å². The Morgan fingerprint density at radius 2 is 1.85 bits per heavy atom. The number of rotatable bonds is 9. The number of hydrogen-bond donors (Lipinski definition) is 2. The van der Waals surface area contributed by atoms with E-state index in [1.165, 1.54) is 32.1 Å². The predicted molar refractivity (Wildman–Crippen MR) is 109 cm³/mol. The molecule has 0 spiro atoms. The Hall–Kier alpha value is -0.510. The van der Waals surface area contributed by atoms with Crippen LogP contribution in [0.4, 0.5) is 0 Å². The van der Waals surface area contributed by atoms with Gasteiger partial charge in [0.1, 0.15) is 0 Å². The Bertz CT molecular complexity index is 516. The Labute approximate surface area is 162 Å². The third-order valence-electron chi connectivity index (χ3n) is 4.76. The predicted octanol–water partition coefficient (Wildman–Crippen LogP) is 1.27. The fourth-order valence-electron chi connectivity index (χ4n) is 3.23. The lowest BCUT2D eigenvalue weighted by molar-refractivity contribution is 0.0277. The molecule has 1 aliphatic heterocycles. The summed E-state index contributed by atoms with van der Waals surface area (Å²) in [6.07, 6.45) is 7.68. The molecule has 0 bridgehead atoms. The molecule has 152 valence electrons. The average molecular weight is 407 g/mol. The quantitative estimate of drug-likeness (QED) is 0.341. The molecule has 0 radical (unpaired) electrons. The topological polar surface area (TPSA) is 83.0 Å².